The van der Waals surface area contributed by atoms with E-state index in [0.717, 1.165) is 4.57 Å². The first-order valence-corrected chi connectivity index (χ1v) is 7.94. The molecule has 0 aromatic carbocycles. The number of nitrogens with zero attached hydrogens (tertiary/aromatic N) is 1. The Hall–Kier alpha value is -2.62. The predicted molar refractivity (Wildman–Crippen MR) is 87.5 cm³/mol. The van der Waals surface area contributed by atoms with Gasteiger partial charge in [0, 0.05) is 10.8 Å². The minimum Gasteiger partial charge on any atom is -0.480 e. The molecule has 1 amide bonds. The van der Waals surface area contributed by atoms with Crippen molar-refractivity contribution in [3.63, 3.8) is 0 Å². The standard InChI is InChI=1S/C14H17N3O6S/c1-14(2,3)23-13(22)15-8(11(19)20)4-17-9-6-24-5-7(9)10(18)16-12(17)21/h5-6,8H,4H2,1-3H3,(H,15,22)(H,19,20)(H,16,18,21)/t8-/m0/s1. The highest BCUT2D eigenvalue weighted by molar-refractivity contribution is 7.09. The maximum atomic E-state index is 12.0. The monoisotopic (exact) mass is 355 g/mol. The number of H-pyrrole nitrogens is 1. The van der Waals surface area contributed by atoms with Crippen LogP contribution < -0.4 is 16.6 Å². The number of thiophene rings is 1. The number of ether oxygens (including phenoxy) is 1. The van der Waals surface area contributed by atoms with Crippen LogP contribution in [-0.4, -0.2) is 38.4 Å². The number of carboxylic acids is 1. The Morgan fingerprint density at radius 1 is 1.38 bits per heavy atom. The highest BCUT2D eigenvalue weighted by Crippen LogP contribution is 2.14. The summed E-state index contributed by atoms with van der Waals surface area (Å²) in [4.78, 5) is 49.0. The van der Waals surface area contributed by atoms with E-state index in [-0.39, 0.29) is 11.9 Å². The molecule has 1 atom stereocenters. The minimum absolute atomic E-state index is 0.279. The summed E-state index contributed by atoms with van der Waals surface area (Å²) in [5.74, 6) is -1.33. The van der Waals surface area contributed by atoms with Crippen LogP contribution in [-0.2, 0) is 16.1 Å². The van der Waals surface area contributed by atoms with E-state index in [1.807, 2.05) is 0 Å². The van der Waals surface area contributed by atoms with E-state index >= 15 is 0 Å². The molecule has 10 heteroatoms. The maximum Gasteiger partial charge on any atom is 0.408 e. The summed E-state index contributed by atoms with van der Waals surface area (Å²) in [5, 5.41) is 14.9. The summed E-state index contributed by atoms with van der Waals surface area (Å²) in [7, 11) is 0. The zero-order chi connectivity index (χ0) is 18.1. The van der Waals surface area contributed by atoms with Crippen molar-refractivity contribution in [1.82, 2.24) is 14.9 Å². The smallest absolute Gasteiger partial charge is 0.408 e. The van der Waals surface area contributed by atoms with Crippen LogP contribution in [0.2, 0.25) is 0 Å². The second-order valence-electron chi connectivity index (χ2n) is 6.08. The van der Waals surface area contributed by atoms with Gasteiger partial charge in [-0.1, -0.05) is 0 Å². The number of nitrogens with one attached hydrogen (secondary N) is 2. The van der Waals surface area contributed by atoms with Crippen LogP contribution in [0.5, 0.6) is 0 Å². The quantitative estimate of drug-likeness (QED) is 0.741. The molecule has 2 heterocycles. The van der Waals surface area contributed by atoms with Gasteiger partial charge in [0.25, 0.3) is 5.56 Å². The SMILES string of the molecule is CC(C)(C)OC(=O)N[C@@H](Cn1c(=O)[nH]c(=O)c2cscc21)C(=O)O. The van der Waals surface area contributed by atoms with Gasteiger partial charge in [-0.25, -0.2) is 14.4 Å². The Labute approximate surface area is 139 Å². The second kappa shape index (κ2) is 6.48. The minimum atomic E-state index is -1.40. The number of hydrogen-bond donors (Lipinski definition) is 3. The lowest BCUT2D eigenvalue weighted by atomic mass is 10.2. The molecular formula is C14H17N3O6S. The van der Waals surface area contributed by atoms with Gasteiger partial charge in [-0.05, 0) is 20.8 Å². The lowest BCUT2D eigenvalue weighted by molar-refractivity contribution is -0.139. The fourth-order valence-electron chi connectivity index (χ4n) is 2.01. The van der Waals surface area contributed by atoms with E-state index in [1.165, 1.54) is 11.3 Å². The zero-order valence-corrected chi connectivity index (χ0v) is 14.1. The maximum absolute atomic E-state index is 12.0. The summed E-state index contributed by atoms with van der Waals surface area (Å²) >= 11 is 1.21. The summed E-state index contributed by atoms with van der Waals surface area (Å²) in [5.41, 5.74) is -1.77. The van der Waals surface area contributed by atoms with Crippen LogP contribution in [0, 0.1) is 0 Å². The summed E-state index contributed by atoms with van der Waals surface area (Å²) < 4.78 is 6.12. The fraction of sp³-hybridized carbons (Fsp3) is 0.429. The lowest BCUT2D eigenvalue weighted by Crippen LogP contribution is -2.47. The molecule has 0 saturated carbocycles. The normalized spacial score (nSPS) is 12.8. The van der Waals surface area contributed by atoms with Gasteiger partial charge in [-0.2, -0.15) is 0 Å². The molecule has 0 aliphatic carbocycles. The van der Waals surface area contributed by atoms with Gasteiger partial charge >= 0.3 is 17.8 Å². The van der Waals surface area contributed by atoms with Crippen LogP contribution in [0.1, 0.15) is 20.8 Å². The first-order valence-electron chi connectivity index (χ1n) is 7.00. The van der Waals surface area contributed by atoms with Crippen molar-refractivity contribution in [3.8, 4) is 0 Å². The van der Waals surface area contributed by atoms with Crippen molar-refractivity contribution < 1.29 is 19.4 Å². The molecule has 0 saturated heterocycles. The van der Waals surface area contributed by atoms with Crippen molar-refractivity contribution in [2.75, 3.05) is 0 Å². The lowest BCUT2D eigenvalue weighted by Gasteiger charge is -2.22. The predicted octanol–water partition coefficient (Wildman–Crippen LogP) is 0.729. The van der Waals surface area contributed by atoms with Crippen LogP contribution in [0.25, 0.3) is 10.9 Å². The Morgan fingerprint density at radius 2 is 2.04 bits per heavy atom. The Morgan fingerprint density at radius 3 is 2.62 bits per heavy atom. The molecule has 2 rings (SSSR count). The summed E-state index contributed by atoms with van der Waals surface area (Å²) in [6, 6.07) is -1.40. The van der Waals surface area contributed by atoms with Gasteiger partial charge in [0.15, 0.2) is 0 Å². The largest absolute Gasteiger partial charge is 0.480 e. The number of hydrogen-bond acceptors (Lipinski definition) is 6. The molecule has 0 radical (unpaired) electrons. The molecule has 0 spiro atoms. The van der Waals surface area contributed by atoms with Gasteiger partial charge < -0.3 is 15.2 Å². The van der Waals surface area contributed by atoms with E-state index < -0.39 is 35.0 Å². The highest BCUT2D eigenvalue weighted by atomic mass is 32.1. The highest BCUT2D eigenvalue weighted by Gasteiger charge is 2.25. The van der Waals surface area contributed by atoms with Crippen molar-refractivity contribution in [1.29, 1.82) is 0 Å². The molecule has 2 aromatic heterocycles. The third kappa shape index (κ3) is 4.02. The molecule has 9 nitrogen and oxygen atoms in total. The summed E-state index contributed by atoms with van der Waals surface area (Å²) in [6.07, 6.45) is -0.908. The Bertz CT molecular complexity index is 888. The number of aromatic nitrogens is 2. The van der Waals surface area contributed by atoms with Crippen LogP contribution >= 0.6 is 11.3 Å². The van der Waals surface area contributed by atoms with E-state index in [9.17, 15) is 24.3 Å². The number of aromatic amines is 1. The average Bonchev–Trinajstić information content (AvgIpc) is 2.89. The van der Waals surface area contributed by atoms with Crippen LogP contribution in [0.3, 0.4) is 0 Å². The zero-order valence-electron chi connectivity index (χ0n) is 13.3. The number of carbonyl (C=O) groups excluding carboxylic acids is 1. The van der Waals surface area contributed by atoms with E-state index in [4.69, 9.17) is 4.74 Å². The molecule has 0 unspecified atom stereocenters. The second-order valence-corrected chi connectivity index (χ2v) is 6.82. The Balaban J connectivity index is 2.31. The van der Waals surface area contributed by atoms with Crippen molar-refractivity contribution in [2.24, 2.45) is 0 Å². The molecule has 24 heavy (non-hydrogen) atoms. The molecule has 0 aliphatic rings. The molecular weight excluding hydrogens is 338 g/mol. The fourth-order valence-corrected chi connectivity index (χ4v) is 2.82. The van der Waals surface area contributed by atoms with Gasteiger partial charge in [0.1, 0.15) is 11.6 Å². The van der Waals surface area contributed by atoms with Gasteiger partial charge in [-0.3, -0.25) is 14.3 Å². The van der Waals surface area contributed by atoms with E-state index in [0.29, 0.717) is 5.52 Å². The number of rotatable bonds is 4. The number of fused-ring (bicyclic) bond motifs is 1. The number of carboxylic acid groups (broad SMARTS) is 1. The molecule has 0 bridgehead atoms. The number of aliphatic carboxylic acids is 1. The van der Waals surface area contributed by atoms with Gasteiger partial charge in [0.05, 0.1) is 17.4 Å². The average molecular weight is 355 g/mol. The third-order valence-corrected chi connectivity index (χ3v) is 3.73. The molecule has 3 N–H and O–H groups in total. The molecule has 0 fully saturated rings. The van der Waals surface area contributed by atoms with E-state index in [1.54, 1.807) is 31.5 Å². The number of alkyl carbamates (subject to hydrolysis) is 1. The van der Waals surface area contributed by atoms with Crippen molar-refractivity contribution >= 4 is 34.3 Å². The Kier molecular flexibility index (Phi) is 4.78. The first kappa shape index (κ1) is 17.7. The molecule has 0 aliphatic heterocycles. The van der Waals surface area contributed by atoms with E-state index in [2.05, 4.69) is 10.3 Å². The number of amides is 1. The molecule has 2 aromatic rings. The van der Waals surface area contributed by atoms with Crippen molar-refractivity contribution in [2.45, 2.75) is 39.0 Å². The summed E-state index contributed by atoms with van der Waals surface area (Å²) in [6.45, 7) is 4.58. The third-order valence-electron chi connectivity index (χ3n) is 3.00. The topological polar surface area (TPSA) is 130 Å². The van der Waals surface area contributed by atoms with Gasteiger partial charge in [-0.15, -0.1) is 11.3 Å². The first-order chi connectivity index (χ1) is 11.1. The van der Waals surface area contributed by atoms with Gasteiger partial charge in [0.2, 0.25) is 0 Å². The van der Waals surface area contributed by atoms with Crippen LogP contribution in [0.4, 0.5) is 4.79 Å². The van der Waals surface area contributed by atoms with Crippen molar-refractivity contribution in [3.05, 3.63) is 31.6 Å². The number of carbonyl (C=O) groups is 2. The van der Waals surface area contributed by atoms with Crippen LogP contribution in [0.15, 0.2) is 20.3 Å². The molecule has 130 valence electrons.